The molecule has 2 aliphatic carbocycles. The Kier molecular flexibility index (Phi) is 2.80. The topological polar surface area (TPSA) is 21.3 Å². The summed E-state index contributed by atoms with van der Waals surface area (Å²) >= 11 is 0. The Labute approximate surface area is 115 Å². The number of rotatable bonds is 2. The van der Waals surface area contributed by atoms with Crippen LogP contribution in [-0.2, 0) is 0 Å². The van der Waals surface area contributed by atoms with E-state index in [4.69, 9.17) is 4.74 Å². The zero-order chi connectivity index (χ0) is 12.7. The number of para-hydroxylation sites is 1. The van der Waals surface area contributed by atoms with Crippen molar-refractivity contribution >= 4 is 0 Å². The highest BCUT2D eigenvalue weighted by atomic mass is 16.5. The van der Waals surface area contributed by atoms with Crippen molar-refractivity contribution in [2.45, 2.75) is 69.1 Å². The molecule has 2 saturated carbocycles. The SMILES string of the molecule is c1ccc2c(c1)OC1(CCCC1)CC2NC1CCC1. The molecule has 3 aliphatic rings. The Morgan fingerprint density at radius 2 is 1.84 bits per heavy atom. The molecule has 1 spiro atoms. The summed E-state index contributed by atoms with van der Waals surface area (Å²) in [7, 11) is 0. The van der Waals surface area contributed by atoms with E-state index in [-0.39, 0.29) is 5.60 Å². The largest absolute Gasteiger partial charge is 0.487 e. The molecule has 2 heteroatoms. The van der Waals surface area contributed by atoms with Crippen LogP contribution in [0.5, 0.6) is 5.75 Å². The van der Waals surface area contributed by atoms with Gasteiger partial charge in [-0.3, -0.25) is 0 Å². The summed E-state index contributed by atoms with van der Waals surface area (Å²) < 4.78 is 6.40. The van der Waals surface area contributed by atoms with Crippen molar-refractivity contribution in [3.8, 4) is 5.75 Å². The van der Waals surface area contributed by atoms with E-state index in [1.165, 1.54) is 56.9 Å². The van der Waals surface area contributed by atoms with Crippen LogP contribution in [-0.4, -0.2) is 11.6 Å². The van der Waals surface area contributed by atoms with Gasteiger partial charge in [-0.05, 0) is 44.6 Å². The molecule has 1 unspecified atom stereocenters. The van der Waals surface area contributed by atoms with Gasteiger partial charge in [0.1, 0.15) is 11.4 Å². The van der Waals surface area contributed by atoms with Gasteiger partial charge >= 0.3 is 0 Å². The highest BCUT2D eigenvalue weighted by Crippen LogP contribution is 2.47. The zero-order valence-corrected chi connectivity index (χ0v) is 11.5. The van der Waals surface area contributed by atoms with Gasteiger partial charge in [-0.15, -0.1) is 0 Å². The molecule has 0 radical (unpaired) electrons. The fraction of sp³-hybridized carbons (Fsp3) is 0.647. The Hall–Kier alpha value is -1.02. The van der Waals surface area contributed by atoms with E-state index >= 15 is 0 Å². The van der Waals surface area contributed by atoms with Crippen molar-refractivity contribution < 1.29 is 4.74 Å². The average molecular weight is 257 g/mol. The second-order valence-corrected chi connectivity index (χ2v) is 6.58. The fourth-order valence-electron chi connectivity index (χ4n) is 3.95. The predicted molar refractivity (Wildman–Crippen MR) is 76.4 cm³/mol. The van der Waals surface area contributed by atoms with Crippen LogP contribution in [0.3, 0.4) is 0 Å². The number of fused-ring (bicyclic) bond motifs is 1. The molecule has 2 nitrogen and oxygen atoms in total. The Morgan fingerprint density at radius 1 is 1.05 bits per heavy atom. The number of hydrogen-bond acceptors (Lipinski definition) is 2. The zero-order valence-electron chi connectivity index (χ0n) is 11.5. The molecule has 1 atom stereocenters. The summed E-state index contributed by atoms with van der Waals surface area (Å²) in [5.74, 6) is 1.13. The summed E-state index contributed by atoms with van der Waals surface area (Å²) in [5, 5.41) is 3.88. The van der Waals surface area contributed by atoms with Crippen molar-refractivity contribution in [3.63, 3.8) is 0 Å². The van der Waals surface area contributed by atoms with Gasteiger partial charge < -0.3 is 10.1 Å². The van der Waals surface area contributed by atoms with Gasteiger partial charge in [0, 0.05) is 24.1 Å². The van der Waals surface area contributed by atoms with Crippen LogP contribution < -0.4 is 10.1 Å². The van der Waals surface area contributed by atoms with Gasteiger partial charge in [-0.25, -0.2) is 0 Å². The van der Waals surface area contributed by atoms with Crippen LogP contribution in [0, 0.1) is 0 Å². The van der Waals surface area contributed by atoms with Gasteiger partial charge in [-0.1, -0.05) is 24.6 Å². The minimum atomic E-state index is 0.135. The summed E-state index contributed by atoms with van der Waals surface area (Å²) in [6, 6.07) is 9.90. The summed E-state index contributed by atoms with van der Waals surface area (Å²) in [5.41, 5.74) is 1.52. The maximum Gasteiger partial charge on any atom is 0.124 e. The number of ether oxygens (including phenoxy) is 1. The van der Waals surface area contributed by atoms with Crippen LogP contribution in [0.15, 0.2) is 24.3 Å². The molecule has 0 saturated heterocycles. The highest BCUT2D eigenvalue weighted by Gasteiger charge is 2.43. The normalized spacial score (nSPS) is 28.7. The number of nitrogens with one attached hydrogen (secondary N) is 1. The Bertz CT molecular complexity index is 460. The van der Waals surface area contributed by atoms with Gasteiger partial charge in [0.2, 0.25) is 0 Å². The van der Waals surface area contributed by atoms with Crippen molar-refractivity contribution in [2.24, 2.45) is 0 Å². The monoisotopic (exact) mass is 257 g/mol. The van der Waals surface area contributed by atoms with E-state index < -0.39 is 0 Å². The van der Waals surface area contributed by atoms with Gasteiger partial charge in [0.05, 0.1) is 0 Å². The molecule has 1 aromatic carbocycles. The maximum absolute atomic E-state index is 6.40. The lowest BCUT2D eigenvalue weighted by molar-refractivity contribution is 0.0327. The van der Waals surface area contributed by atoms with E-state index in [2.05, 4.69) is 29.6 Å². The second kappa shape index (κ2) is 4.52. The van der Waals surface area contributed by atoms with Gasteiger partial charge in [-0.2, -0.15) is 0 Å². The lowest BCUT2D eigenvalue weighted by Crippen LogP contribution is -2.46. The van der Waals surface area contributed by atoms with Crippen LogP contribution in [0.1, 0.15) is 63.0 Å². The van der Waals surface area contributed by atoms with E-state index in [9.17, 15) is 0 Å². The van der Waals surface area contributed by atoms with Crippen LogP contribution in [0.4, 0.5) is 0 Å². The number of benzene rings is 1. The standard InChI is InChI=1S/C17H23NO/c1-2-9-16-14(8-1)15(18-13-6-5-7-13)12-17(19-16)10-3-4-11-17/h1-2,8-9,13,15,18H,3-7,10-12H2. The van der Waals surface area contributed by atoms with Crippen LogP contribution in [0.2, 0.25) is 0 Å². The second-order valence-electron chi connectivity index (χ2n) is 6.58. The van der Waals surface area contributed by atoms with Crippen LogP contribution >= 0.6 is 0 Å². The minimum absolute atomic E-state index is 0.135. The third-order valence-electron chi connectivity index (χ3n) is 5.25. The summed E-state index contributed by atoms with van der Waals surface area (Å²) in [4.78, 5) is 0. The van der Waals surface area contributed by atoms with E-state index in [0.29, 0.717) is 6.04 Å². The molecule has 1 N–H and O–H groups in total. The van der Waals surface area contributed by atoms with Gasteiger partial charge in [0.25, 0.3) is 0 Å². The lowest BCUT2D eigenvalue weighted by Gasteiger charge is -2.42. The highest BCUT2D eigenvalue weighted by molar-refractivity contribution is 5.39. The van der Waals surface area contributed by atoms with Crippen molar-refractivity contribution in [1.29, 1.82) is 0 Å². The molecule has 19 heavy (non-hydrogen) atoms. The summed E-state index contributed by atoms with van der Waals surface area (Å²) in [6.07, 6.45) is 10.4. The average Bonchev–Trinajstić information content (AvgIpc) is 2.81. The first-order valence-electron chi connectivity index (χ1n) is 7.89. The first-order chi connectivity index (χ1) is 9.35. The number of hydrogen-bond donors (Lipinski definition) is 1. The first kappa shape index (κ1) is 11.8. The molecule has 0 bridgehead atoms. The molecule has 0 amide bonds. The molecular formula is C17H23NO. The van der Waals surface area contributed by atoms with Crippen molar-refractivity contribution in [1.82, 2.24) is 5.32 Å². The first-order valence-corrected chi connectivity index (χ1v) is 7.89. The summed E-state index contributed by atoms with van der Waals surface area (Å²) in [6.45, 7) is 0. The molecular weight excluding hydrogens is 234 g/mol. The quantitative estimate of drug-likeness (QED) is 0.865. The molecule has 0 aromatic heterocycles. The third kappa shape index (κ3) is 2.06. The third-order valence-corrected chi connectivity index (χ3v) is 5.25. The smallest absolute Gasteiger partial charge is 0.124 e. The minimum Gasteiger partial charge on any atom is -0.487 e. The van der Waals surface area contributed by atoms with Crippen LogP contribution in [0.25, 0.3) is 0 Å². The van der Waals surface area contributed by atoms with Gasteiger partial charge in [0.15, 0.2) is 0 Å². The Morgan fingerprint density at radius 3 is 2.58 bits per heavy atom. The van der Waals surface area contributed by atoms with E-state index in [0.717, 1.165) is 11.8 Å². The van der Waals surface area contributed by atoms with Crippen molar-refractivity contribution in [2.75, 3.05) is 0 Å². The fourth-order valence-corrected chi connectivity index (χ4v) is 3.95. The maximum atomic E-state index is 6.40. The Balaban J connectivity index is 1.63. The van der Waals surface area contributed by atoms with E-state index in [1.54, 1.807) is 0 Å². The molecule has 102 valence electrons. The van der Waals surface area contributed by atoms with E-state index in [1.807, 2.05) is 0 Å². The molecule has 2 fully saturated rings. The molecule has 4 rings (SSSR count). The molecule has 1 heterocycles. The predicted octanol–water partition coefficient (Wildman–Crippen LogP) is 3.97. The lowest BCUT2D eigenvalue weighted by atomic mass is 9.84. The molecule has 1 aromatic rings. The van der Waals surface area contributed by atoms with Crippen molar-refractivity contribution in [3.05, 3.63) is 29.8 Å². The molecule has 1 aliphatic heterocycles.